The van der Waals surface area contributed by atoms with Gasteiger partial charge in [0.1, 0.15) is 5.75 Å². The first-order valence-corrected chi connectivity index (χ1v) is 9.76. The standard InChI is InChI=1S/C19H24N2O4S/c1-15(2)25-17-11-9-16(10-12-17)13-20-19(22)14-21(3)26(23,24)18-7-5-4-6-8-18/h4-12,15H,13-14H2,1-3H3,(H,20,22). The van der Waals surface area contributed by atoms with Crippen LogP contribution in [0.2, 0.25) is 0 Å². The lowest BCUT2D eigenvalue weighted by atomic mass is 10.2. The third-order valence-electron chi connectivity index (χ3n) is 3.60. The quantitative estimate of drug-likeness (QED) is 0.768. The second kappa shape index (κ2) is 8.82. The Kier molecular flexibility index (Phi) is 6.76. The second-order valence-electron chi connectivity index (χ2n) is 6.16. The summed E-state index contributed by atoms with van der Waals surface area (Å²) in [6, 6.07) is 15.4. The molecule has 0 radical (unpaired) electrons. The molecule has 2 aromatic carbocycles. The largest absolute Gasteiger partial charge is 0.491 e. The van der Waals surface area contributed by atoms with Gasteiger partial charge in [-0.25, -0.2) is 8.42 Å². The maximum absolute atomic E-state index is 12.4. The van der Waals surface area contributed by atoms with E-state index in [-0.39, 0.29) is 23.5 Å². The van der Waals surface area contributed by atoms with Gasteiger partial charge < -0.3 is 10.1 Å². The number of carbonyl (C=O) groups excluding carboxylic acids is 1. The van der Waals surface area contributed by atoms with Crippen LogP contribution in [-0.4, -0.2) is 38.3 Å². The Morgan fingerprint density at radius 3 is 2.27 bits per heavy atom. The molecule has 26 heavy (non-hydrogen) atoms. The van der Waals surface area contributed by atoms with E-state index in [1.807, 2.05) is 38.1 Å². The normalized spacial score (nSPS) is 11.6. The van der Waals surface area contributed by atoms with Crippen molar-refractivity contribution < 1.29 is 17.9 Å². The molecule has 0 saturated carbocycles. The van der Waals surface area contributed by atoms with Crippen LogP contribution in [0.5, 0.6) is 5.75 Å². The average molecular weight is 376 g/mol. The van der Waals surface area contributed by atoms with Crippen LogP contribution in [0.1, 0.15) is 19.4 Å². The summed E-state index contributed by atoms with van der Waals surface area (Å²) < 4.78 is 31.4. The molecule has 2 aromatic rings. The zero-order chi connectivity index (χ0) is 19.2. The lowest BCUT2D eigenvalue weighted by Crippen LogP contribution is -2.38. The lowest BCUT2D eigenvalue weighted by molar-refractivity contribution is -0.121. The summed E-state index contributed by atoms with van der Waals surface area (Å²) in [4.78, 5) is 12.2. The molecule has 140 valence electrons. The number of rotatable bonds is 8. The SMILES string of the molecule is CC(C)Oc1ccc(CNC(=O)CN(C)S(=O)(=O)c2ccccc2)cc1. The van der Waals surface area contributed by atoms with Crippen molar-refractivity contribution in [3.8, 4) is 5.75 Å². The molecular weight excluding hydrogens is 352 g/mol. The van der Waals surface area contributed by atoms with Crippen molar-refractivity contribution in [2.45, 2.75) is 31.4 Å². The number of hydrogen-bond donors (Lipinski definition) is 1. The van der Waals surface area contributed by atoms with Gasteiger partial charge in [-0.2, -0.15) is 4.31 Å². The molecule has 0 bridgehead atoms. The Labute approximate surface area is 154 Å². The van der Waals surface area contributed by atoms with Gasteiger partial charge in [0, 0.05) is 13.6 Å². The molecular formula is C19H24N2O4S. The van der Waals surface area contributed by atoms with Gasteiger partial charge in [-0.05, 0) is 43.7 Å². The minimum Gasteiger partial charge on any atom is -0.491 e. The number of nitrogens with zero attached hydrogens (tertiary/aromatic N) is 1. The molecule has 7 heteroatoms. The van der Waals surface area contributed by atoms with Crippen molar-refractivity contribution in [2.24, 2.45) is 0 Å². The van der Waals surface area contributed by atoms with E-state index in [0.29, 0.717) is 6.54 Å². The number of carbonyl (C=O) groups is 1. The highest BCUT2D eigenvalue weighted by atomic mass is 32.2. The summed E-state index contributed by atoms with van der Waals surface area (Å²) in [7, 11) is -2.29. The second-order valence-corrected chi connectivity index (χ2v) is 8.21. The monoisotopic (exact) mass is 376 g/mol. The number of sulfonamides is 1. The van der Waals surface area contributed by atoms with Crippen LogP contribution >= 0.6 is 0 Å². The third kappa shape index (κ3) is 5.57. The Balaban J connectivity index is 1.88. The van der Waals surface area contributed by atoms with Crippen LogP contribution in [0.3, 0.4) is 0 Å². The van der Waals surface area contributed by atoms with Gasteiger partial charge in [-0.1, -0.05) is 30.3 Å². The first kappa shape index (κ1) is 19.9. The molecule has 1 N–H and O–H groups in total. The van der Waals surface area contributed by atoms with Crippen molar-refractivity contribution in [1.29, 1.82) is 0 Å². The Hall–Kier alpha value is -2.38. The van der Waals surface area contributed by atoms with E-state index in [9.17, 15) is 13.2 Å². The predicted molar refractivity (Wildman–Crippen MR) is 100 cm³/mol. The van der Waals surface area contributed by atoms with Crippen LogP contribution in [0.4, 0.5) is 0 Å². The van der Waals surface area contributed by atoms with Gasteiger partial charge in [-0.15, -0.1) is 0 Å². The fraction of sp³-hybridized carbons (Fsp3) is 0.316. The number of hydrogen-bond acceptors (Lipinski definition) is 4. The first-order valence-electron chi connectivity index (χ1n) is 8.32. The molecule has 0 heterocycles. The molecule has 0 aliphatic heterocycles. The van der Waals surface area contributed by atoms with E-state index in [0.717, 1.165) is 15.6 Å². The average Bonchev–Trinajstić information content (AvgIpc) is 2.61. The van der Waals surface area contributed by atoms with Crippen molar-refractivity contribution in [1.82, 2.24) is 9.62 Å². The minimum atomic E-state index is -3.68. The highest BCUT2D eigenvalue weighted by Crippen LogP contribution is 2.14. The smallest absolute Gasteiger partial charge is 0.243 e. The van der Waals surface area contributed by atoms with E-state index in [1.165, 1.54) is 19.2 Å². The first-order chi connectivity index (χ1) is 12.3. The van der Waals surface area contributed by atoms with Gasteiger partial charge in [0.2, 0.25) is 15.9 Å². The molecule has 1 amide bonds. The molecule has 0 unspecified atom stereocenters. The van der Waals surface area contributed by atoms with Crippen LogP contribution in [-0.2, 0) is 21.4 Å². The van der Waals surface area contributed by atoms with Crippen molar-refractivity contribution >= 4 is 15.9 Å². The van der Waals surface area contributed by atoms with Crippen LogP contribution in [0.15, 0.2) is 59.5 Å². The molecule has 0 aliphatic rings. The van der Waals surface area contributed by atoms with Crippen molar-refractivity contribution in [3.63, 3.8) is 0 Å². The van der Waals surface area contributed by atoms with Gasteiger partial charge in [0.05, 0.1) is 17.5 Å². The van der Waals surface area contributed by atoms with E-state index < -0.39 is 10.0 Å². The fourth-order valence-corrected chi connectivity index (χ4v) is 3.42. The molecule has 2 rings (SSSR count). The number of ether oxygens (including phenoxy) is 1. The Morgan fingerprint density at radius 2 is 1.69 bits per heavy atom. The Morgan fingerprint density at radius 1 is 1.08 bits per heavy atom. The highest BCUT2D eigenvalue weighted by molar-refractivity contribution is 7.89. The summed E-state index contributed by atoms with van der Waals surface area (Å²) in [6.45, 7) is 3.98. The van der Waals surface area contributed by atoms with Crippen LogP contribution < -0.4 is 10.1 Å². The maximum Gasteiger partial charge on any atom is 0.243 e. The molecule has 0 aromatic heterocycles. The van der Waals surface area contributed by atoms with Crippen LogP contribution in [0, 0.1) is 0 Å². The molecule has 0 aliphatic carbocycles. The predicted octanol–water partition coefficient (Wildman–Crippen LogP) is 2.41. The summed E-state index contributed by atoms with van der Waals surface area (Å²) in [5, 5.41) is 2.73. The van der Waals surface area contributed by atoms with Crippen molar-refractivity contribution in [3.05, 3.63) is 60.2 Å². The zero-order valence-electron chi connectivity index (χ0n) is 15.2. The van der Waals surface area contributed by atoms with E-state index >= 15 is 0 Å². The number of amides is 1. The van der Waals surface area contributed by atoms with Gasteiger partial charge in [0.25, 0.3) is 0 Å². The van der Waals surface area contributed by atoms with Crippen LogP contribution in [0.25, 0.3) is 0 Å². The molecule has 0 fully saturated rings. The highest BCUT2D eigenvalue weighted by Gasteiger charge is 2.22. The molecule has 6 nitrogen and oxygen atoms in total. The topological polar surface area (TPSA) is 75.7 Å². The van der Waals surface area contributed by atoms with Crippen molar-refractivity contribution in [2.75, 3.05) is 13.6 Å². The Bertz CT molecular complexity index is 818. The number of benzene rings is 2. The van der Waals surface area contributed by atoms with E-state index in [1.54, 1.807) is 18.2 Å². The molecule has 0 spiro atoms. The number of likely N-dealkylation sites (N-methyl/N-ethyl adjacent to an activating group) is 1. The van der Waals surface area contributed by atoms with Gasteiger partial charge in [-0.3, -0.25) is 4.79 Å². The summed E-state index contributed by atoms with van der Waals surface area (Å²) in [5.41, 5.74) is 0.906. The van der Waals surface area contributed by atoms with Gasteiger partial charge in [0.15, 0.2) is 0 Å². The summed E-state index contributed by atoms with van der Waals surface area (Å²) in [5.74, 6) is 0.401. The van der Waals surface area contributed by atoms with E-state index in [2.05, 4.69) is 5.32 Å². The number of nitrogens with one attached hydrogen (secondary N) is 1. The van der Waals surface area contributed by atoms with E-state index in [4.69, 9.17) is 4.74 Å². The zero-order valence-corrected chi connectivity index (χ0v) is 16.0. The molecule has 0 saturated heterocycles. The summed E-state index contributed by atoms with van der Waals surface area (Å²) >= 11 is 0. The third-order valence-corrected chi connectivity index (χ3v) is 5.42. The lowest BCUT2D eigenvalue weighted by Gasteiger charge is -2.17. The molecule has 0 atom stereocenters. The van der Waals surface area contributed by atoms with Gasteiger partial charge >= 0.3 is 0 Å². The minimum absolute atomic E-state index is 0.0997. The fourth-order valence-electron chi connectivity index (χ4n) is 2.27. The summed E-state index contributed by atoms with van der Waals surface area (Å²) in [6.07, 6.45) is 0.0997. The maximum atomic E-state index is 12.4.